The van der Waals surface area contributed by atoms with Gasteiger partial charge in [0.25, 0.3) is 0 Å². The molecule has 0 unspecified atom stereocenters. The highest BCUT2D eigenvalue weighted by Crippen LogP contribution is 2.27. The third-order valence-electron chi connectivity index (χ3n) is 3.90. The average Bonchev–Trinajstić information content (AvgIpc) is 2.85. The second-order valence-electron chi connectivity index (χ2n) is 5.54. The van der Waals surface area contributed by atoms with Gasteiger partial charge >= 0.3 is 5.69 Å². The van der Waals surface area contributed by atoms with Gasteiger partial charge in [0.05, 0.1) is 4.92 Å². The van der Waals surface area contributed by atoms with Crippen molar-refractivity contribution >= 4 is 28.0 Å². The van der Waals surface area contributed by atoms with Crippen molar-refractivity contribution in [3.8, 4) is 0 Å². The quantitative estimate of drug-likeness (QED) is 0.412. The summed E-state index contributed by atoms with van der Waals surface area (Å²) in [5.74, 6) is 0.428. The van der Waals surface area contributed by atoms with Gasteiger partial charge in [0.1, 0.15) is 5.69 Å². The smallest absolute Gasteiger partial charge is 0.333 e. The van der Waals surface area contributed by atoms with Crippen LogP contribution in [-0.2, 0) is 7.05 Å². The summed E-state index contributed by atoms with van der Waals surface area (Å²) in [5.41, 5.74) is 1.49. The normalized spacial score (nSPS) is 10.8. The van der Waals surface area contributed by atoms with Crippen LogP contribution in [0, 0.1) is 17.0 Å². The van der Waals surface area contributed by atoms with E-state index in [1.807, 2.05) is 24.3 Å². The van der Waals surface area contributed by atoms with E-state index in [1.54, 1.807) is 14.0 Å². The van der Waals surface area contributed by atoms with E-state index < -0.39 is 4.92 Å². The van der Waals surface area contributed by atoms with Crippen molar-refractivity contribution in [3.05, 3.63) is 58.3 Å². The first-order valence-electron chi connectivity index (χ1n) is 7.71. The maximum atomic E-state index is 11.2. The molecule has 0 aliphatic carbocycles. The molecule has 1 heterocycles. The molecule has 0 radical (unpaired) electrons. The van der Waals surface area contributed by atoms with Crippen LogP contribution in [0.15, 0.2) is 42.5 Å². The molecule has 3 aromatic rings. The molecule has 3 rings (SSSR count). The minimum Gasteiger partial charge on any atom is -0.383 e. The number of fused-ring (bicyclic) bond motifs is 1. The molecular weight excluding hydrogens is 306 g/mol. The maximum Gasteiger partial charge on any atom is 0.333 e. The molecule has 0 fully saturated rings. The van der Waals surface area contributed by atoms with Crippen LogP contribution in [0.3, 0.4) is 0 Å². The van der Waals surface area contributed by atoms with Gasteiger partial charge in [-0.25, -0.2) is 4.68 Å². The van der Waals surface area contributed by atoms with Gasteiger partial charge in [-0.05, 0) is 18.4 Å². The number of nitrogens with one attached hydrogen (secondary N) is 2. The van der Waals surface area contributed by atoms with Crippen LogP contribution in [0.2, 0.25) is 0 Å². The minimum atomic E-state index is -0.400. The van der Waals surface area contributed by atoms with Gasteiger partial charge in [-0.2, -0.15) is 5.10 Å². The first kappa shape index (κ1) is 15.8. The summed E-state index contributed by atoms with van der Waals surface area (Å²) < 4.78 is 1.51. The van der Waals surface area contributed by atoms with E-state index in [1.165, 1.54) is 10.1 Å². The van der Waals surface area contributed by atoms with Gasteiger partial charge in [0, 0.05) is 31.2 Å². The third-order valence-corrected chi connectivity index (χ3v) is 3.90. The Morgan fingerprint density at radius 2 is 1.83 bits per heavy atom. The lowest BCUT2D eigenvalue weighted by atomic mass is 10.1. The van der Waals surface area contributed by atoms with E-state index in [9.17, 15) is 10.1 Å². The van der Waals surface area contributed by atoms with E-state index in [0.717, 1.165) is 11.1 Å². The second-order valence-corrected chi connectivity index (χ2v) is 5.54. The largest absolute Gasteiger partial charge is 0.383 e. The SMILES string of the molecule is Cc1nn(C)c(NCCNc2cccc3ccccc23)c1[N+](=O)[O-]. The lowest BCUT2D eigenvalue weighted by Crippen LogP contribution is -2.16. The molecule has 7 heteroatoms. The fourth-order valence-electron chi connectivity index (χ4n) is 2.82. The number of aryl methyl sites for hydroxylation is 2. The molecule has 0 atom stereocenters. The first-order valence-corrected chi connectivity index (χ1v) is 7.71. The topological polar surface area (TPSA) is 85.0 Å². The Morgan fingerprint density at radius 3 is 2.62 bits per heavy atom. The fourth-order valence-corrected chi connectivity index (χ4v) is 2.82. The molecule has 124 valence electrons. The molecule has 0 aliphatic rings. The highest BCUT2D eigenvalue weighted by atomic mass is 16.6. The summed E-state index contributed by atoms with van der Waals surface area (Å²) in [4.78, 5) is 10.8. The lowest BCUT2D eigenvalue weighted by Gasteiger charge is -2.11. The van der Waals surface area contributed by atoms with Gasteiger partial charge in [0.2, 0.25) is 5.82 Å². The van der Waals surface area contributed by atoms with Crippen LogP contribution in [-0.4, -0.2) is 27.8 Å². The Balaban J connectivity index is 1.67. The molecule has 2 aromatic carbocycles. The molecular formula is C17H19N5O2. The molecule has 1 aromatic heterocycles. The van der Waals surface area contributed by atoms with Gasteiger partial charge < -0.3 is 10.6 Å². The number of hydrogen-bond donors (Lipinski definition) is 2. The number of benzene rings is 2. The zero-order valence-corrected chi connectivity index (χ0v) is 13.6. The maximum absolute atomic E-state index is 11.2. The summed E-state index contributed by atoms with van der Waals surface area (Å²) in [6.45, 7) is 2.82. The van der Waals surface area contributed by atoms with Crippen LogP contribution in [0.5, 0.6) is 0 Å². The zero-order chi connectivity index (χ0) is 17.1. The summed E-state index contributed by atoms with van der Waals surface area (Å²) >= 11 is 0. The molecule has 0 amide bonds. The predicted octanol–water partition coefficient (Wildman–Crippen LogP) is 3.31. The fraction of sp³-hybridized carbons (Fsp3) is 0.235. The summed E-state index contributed by atoms with van der Waals surface area (Å²) in [7, 11) is 1.69. The van der Waals surface area contributed by atoms with Crippen molar-refractivity contribution in [1.82, 2.24) is 9.78 Å². The summed E-state index contributed by atoms with van der Waals surface area (Å²) in [6.07, 6.45) is 0. The van der Waals surface area contributed by atoms with Crippen LogP contribution in [0.4, 0.5) is 17.2 Å². The zero-order valence-electron chi connectivity index (χ0n) is 13.6. The van der Waals surface area contributed by atoms with Crippen molar-refractivity contribution in [3.63, 3.8) is 0 Å². The standard InChI is InChI=1S/C17H19N5O2/c1-12-16(22(23)24)17(21(2)20-12)19-11-10-18-15-9-5-7-13-6-3-4-8-14(13)15/h3-9,18-19H,10-11H2,1-2H3. The number of rotatable bonds is 6. The highest BCUT2D eigenvalue weighted by molar-refractivity contribution is 5.93. The number of hydrogen-bond acceptors (Lipinski definition) is 5. The molecule has 24 heavy (non-hydrogen) atoms. The van der Waals surface area contributed by atoms with Crippen molar-refractivity contribution in [2.75, 3.05) is 23.7 Å². The molecule has 0 aliphatic heterocycles. The predicted molar refractivity (Wildman–Crippen MR) is 95.5 cm³/mol. The van der Waals surface area contributed by atoms with E-state index in [-0.39, 0.29) is 5.69 Å². The van der Waals surface area contributed by atoms with Crippen molar-refractivity contribution in [2.24, 2.45) is 7.05 Å². The summed E-state index contributed by atoms with van der Waals surface area (Å²) in [5, 5.41) is 24.1. The average molecular weight is 325 g/mol. The van der Waals surface area contributed by atoms with E-state index in [0.29, 0.717) is 24.6 Å². The van der Waals surface area contributed by atoms with E-state index in [4.69, 9.17) is 0 Å². The Labute approximate surface area is 139 Å². The van der Waals surface area contributed by atoms with Gasteiger partial charge in [-0.1, -0.05) is 36.4 Å². The molecule has 7 nitrogen and oxygen atoms in total. The Kier molecular flexibility index (Phi) is 4.33. The Hall–Kier alpha value is -3.09. The molecule has 0 bridgehead atoms. The van der Waals surface area contributed by atoms with Crippen LogP contribution < -0.4 is 10.6 Å². The second kappa shape index (κ2) is 6.57. The summed E-state index contributed by atoms with van der Waals surface area (Å²) in [6, 6.07) is 14.3. The van der Waals surface area contributed by atoms with Crippen LogP contribution >= 0.6 is 0 Å². The van der Waals surface area contributed by atoms with Crippen LogP contribution in [0.25, 0.3) is 10.8 Å². The van der Waals surface area contributed by atoms with Crippen molar-refractivity contribution in [2.45, 2.75) is 6.92 Å². The number of aromatic nitrogens is 2. The van der Waals surface area contributed by atoms with Gasteiger partial charge in [-0.3, -0.25) is 10.1 Å². The van der Waals surface area contributed by atoms with Gasteiger partial charge in [0.15, 0.2) is 0 Å². The van der Waals surface area contributed by atoms with E-state index in [2.05, 4.69) is 33.9 Å². The van der Waals surface area contributed by atoms with Crippen molar-refractivity contribution < 1.29 is 4.92 Å². The number of nitrogens with zero attached hydrogens (tertiary/aromatic N) is 3. The molecule has 0 spiro atoms. The monoisotopic (exact) mass is 325 g/mol. The Bertz CT molecular complexity index is 883. The molecule has 0 saturated heterocycles. The van der Waals surface area contributed by atoms with Crippen LogP contribution in [0.1, 0.15) is 5.69 Å². The van der Waals surface area contributed by atoms with E-state index >= 15 is 0 Å². The van der Waals surface area contributed by atoms with Crippen molar-refractivity contribution in [1.29, 1.82) is 0 Å². The first-order chi connectivity index (χ1) is 11.6. The van der Waals surface area contributed by atoms with Gasteiger partial charge in [-0.15, -0.1) is 0 Å². The Morgan fingerprint density at radius 1 is 1.12 bits per heavy atom. The lowest BCUT2D eigenvalue weighted by molar-refractivity contribution is -0.384. The molecule has 2 N–H and O–H groups in total. The minimum absolute atomic E-state index is 0.0302. The highest BCUT2D eigenvalue weighted by Gasteiger charge is 2.23. The molecule has 0 saturated carbocycles. The third kappa shape index (κ3) is 3.01. The number of anilines is 2. The number of nitro groups is 1.